The van der Waals surface area contributed by atoms with E-state index in [-0.39, 0.29) is 22.0 Å². The molecule has 0 aromatic heterocycles. The van der Waals surface area contributed by atoms with Gasteiger partial charge in [-0.2, -0.15) is 5.26 Å². The predicted octanol–water partition coefficient (Wildman–Crippen LogP) is 2.27. The van der Waals surface area contributed by atoms with Gasteiger partial charge in [0, 0.05) is 6.04 Å². The third kappa shape index (κ3) is 3.84. The van der Waals surface area contributed by atoms with Crippen molar-refractivity contribution in [2.24, 2.45) is 0 Å². The summed E-state index contributed by atoms with van der Waals surface area (Å²) < 4.78 is 26.4. The minimum Gasteiger partial charge on any atom is -0.478 e. The Hall–Kier alpha value is -1.33. The van der Waals surface area contributed by atoms with E-state index >= 15 is 0 Å². The molecule has 6 nitrogen and oxygen atoms in total. The highest BCUT2D eigenvalue weighted by molar-refractivity contribution is 7.89. The number of aromatic carboxylic acids is 1. The summed E-state index contributed by atoms with van der Waals surface area (Å²) in [5.74, 6) is -1.37. The molecule has 2 N–H and O–H groups in total. The highest BCUT2D eigenvalue weighted by atomic mass is 35.5. The lowest BCUT2D eigenvalue weighted by Crippen LogP contribution is -2.32. The van der Waals surface area contributed by atoms with Gasteiger partial charge in [0.2, 0.25) is 10.0 Å². The van der Waals surface area contributed by atoms with Crippen LogP contribution in [-0.2, 0) is 10.0 Å². The number of carboxylic acids is 1. The van der Waals surface area contributed by atoms with Gasteiger partial charge >= 0.3 is 5.97 Å². The van der Waals surface area contributed by atoms with Gasteiger partial charge in [-0.25, -0.2) is 17.9 Å². The first-order valence-electron chi connectivity index (χ1n) is 5.30. The van der Waals surface area contributed by atoms with Crippen LogP contribution in [0, 0.1) is 11.3 Å². The first-order valence-corrected chi connectivity index (χ1v) is 7.54. The summed E-state index contributed by atoms with van der Waals surface area (Å²) in [4.78, 5) is 10.6. The number of carbonyl (C=O) groups is 1. The molecule has 0 amide bonds. The van der Waals surface area contributed by atoms with Gasteiger partial charge in [-0.1, -0.05) is 23.2 Å². The molecule has 0 aliphatic heterocycles. The Morgan fingerprint density at radius 2 is 2.05 bits per heavy atom. The maximum atomic E-state index is 12.1. The Labute approximate surface area is 126 Å². The largest absolute Gasteiger partial charge is 0.478 e. The molecule has 1 atom stereocenters. The standard InChI is InChI=1S/C11H10Cl2N2O4S/c1-6(2-3-14)15-20(18,19)10-4-7(11(16)17)8(12)5-9(10)13/h4-6,15H,2H2,1H3,(H,16,17). The fourth-order valence-corrected chi connectivity index (χ4v) is 3.50. The zero-order valence-corrected chi connectivity index (χ0v) is 12.6. The molecule has 1 aromatic carbocycles. The number of halogens is 2. The van der Waals surface area contributed by atoms with E-state index in [4.69, 9.17) is 33.6 Å². The van der Waals surface area contributed by atoms with Crippen molar-refractivity contribution in [2.75, 3.05) is 0 Å². The molecule has 0 aliphatic carbocycles. The van der Waals surface area contributed by atoms with Crippen LogP contribution in [0.2, 0.25) is 10.0 Å². The number of nitrogens with one attached hydrogen (secondary N) is 1. The maximum Gasteiger partial charge on any atom is 0.337 e. The fourth-order valence-electron chi connectivity index (χ4n) is 1.41. The average Bonchev–Trinajstić information content (AvgIpc) is 2.27. The van der Waals surface area contributed by atoms with Crippen LogP contribution in [0.3, 0.4) is 0 Å². The summed E-state index contributed by atoms with van der Waals surface area (Å²) in [7, 11) is -4.04. The van der Waals surface area contributed by atoms with Crippen molar-refractivity contribution in [2.45, 2.75) is 24.3 Å². The van der Waals surface area contributed by atoms with Crippen molar-refractivity contribution in [1.82, 2.24) is 4.72 Å². The predicted molar refractivity (Wildman–Crippen MR) is 73.4 cm³/mol. The van der Waals surface area contributed by atoms with Crippen LogP contribution in [0.4, 0.5) is 0 Å². The Kier molecular flexibility index (Phi) is 5.36. The lowest BCUT2D eigenvalue weighted by molar-refractivity contribution is 0.0697. The zero-order valence-electron chi connectivity index (χ0n) is 10.2. The van der Waals surface area contributed by atoms with Gasteiger partial charge < -0.3 is 5.11 Å². The van der Waals surface area contributed by atoms with Crippen molar-refractivity contribution in [1.29, 1.82) is 5.26 Å². The number of nitrogens with zero attached hydrogens (tertiary/aromatic N) is 1. The average molecular weight is 337 g/mol. The van der Waals surface area contributed by atoms with Gasteiger partial charge in [0.15, 0.2) is 0 Å². The molecular formula is C11H10Cl2N2O4S. The van der Waals surface area contributed by atoms with Gasteiger partial charge in [0.05, 0.1) is 28.1 Å². The second-order valence-electron chi connectivity index (χ2n) is 3.95. The summed E-state index contributed by atoms with van der Waals surface area (Å²) in [5.41, 5.74) is -0.371. The third-order valence-electron chi connectivity index (χ3n) is 2.30. The van der Waals surface area contributed by atoms with Gasteiger partial charge in [-0.05, 0) is 19.1 Å². The second kappa shape index (κ2) is 6.41. The number of hydrogen-bond donors (Lipinski definition) is 2. The normalized spacial score (nSPS) is 12.7. The summed E-state index contributed by atoms with van der Waals surface area (Å²) in [6, 6.07) is 3.12. The molecule has 1 rings (SSSR count). The van der Waals surface area contributed by atoms with E-state index in [1.54, 1.807) is 0 Å². The van der Waals surface area contributed by atoms with Crippen LogP contribution in [-0.4, -0.2) is 25.5 Å². The molecular weight excluding hydrogens is 327 g/mol. The summed E-state index contributed by atoms with van der Waals surface area (Å²) in [5, 5.41) is 17.1. The number of sulfonamides is 1. The summed E-state index contributed by atoms with van der Waals surface area (Å²) in [6.45, 7) is 1.50. The van der Waals surface area contributed by atoms with Crippen LogP contribution in [0.15, 0.2) is 17.0 Å². The van der Waals surface area contributed by atoms with Crippen LogP contribution >= 0.6 is 23.2 Å². The number of hydrogen-bond acceptors (Lipinski definition) is 4. The molecule has 9 heteroatoms. The SMILES string of the molecule is CC(CC#N)NS(=O)(=O)c1cc(C(=O)O)c(Cl)cc1Cl. The minimum atomic E-state index is -4.04. The molecule has 0 radical (unpaired) electrons. The van der Waals surface area contributed by atoms with E-state index in [0.29, 0.717) is 0 Å². The van der Waals surface area contributed by atoms with E-state index < -0.39 is 26.9 Å². The molecule has 0 heterocycles. The Bertz CT molecular complexity index is 682. The zero-order chi connectivity index (χ0) is 15.5. The Morgan fingerprint density at radius 1 is 1.45 bits per heavy atom. The first-order chi connectivity index (χ1) is 9.19. The Balaban J connectivity index is 3.29. The van der Waals surface area contributed by atoms with Crippen molar-refractivity contribution in [3.8, 4) is 6.07 Å². The van der Waals surface area contributed by atoms with Crippen LogP contribution in [0.1, 0.15) is 23.7 Å². The van der Waals surface area contributed by atoms with Crippen LogP contribution in [0.25, 0.3) is 0 Å². The highest BCUT2D eigenvalue weighted by Gasteiger charge is 2.23. The number of carboxylic acid groups (broad SMARTS) is 1. The van der Waals surface area contributed by atoms with E-state index in [0.717, 1.165) is 12.1 Å². The summed E-state index contributed by atoms with van der Waals surface area (Å²) in [6.07, 6.45) is -0.0315. The van der Waals surface area contributed by atoms with Crippen molar-refractivity contribution >= 4 is 39.2 Å². The number of rotatable bonds is 5. The van der Waals surface area contributed by atoms with E-state index in [2.05, 4.69) is 4.72 Å². The first kappa shape index (κ1) is 16.7. The molecule has 1 aromatic rings. The molecule has 20 heavy (non-hydrogen) atoms. The monoisotopic (exact) mass is 336 g/mol. The maximum absolute atomic E-state index is 12.1. The molecule has 0 spiro atoms. The van der Waals surface area contributed by atoms with E-state index in [1.807, 2.05) is 6.07 Å². The molecule has 0 fully saturated rings. The highest BCUT2D eigenvalue weighted by Crippen LogP contribution is 2.28. The lowest BCUT2D eigenvalue weighted by Gasteiger charge is -2.13. The quantitative estimate of drug-likeness (QED) is 0.857. The molecule has 0 bridgehead atoms. The molecule has 0 aliphatic rings. The van der Waals surface area contributed by atoms with E-state index in [1.165, 1.54) is 6.92 Å². The molecule has 1 unspecified atom stereocenters. The van der Waals surface area contributed by atoms with Crippen molar-refractivity contribution in [3.63, 3.8) is 0 Å². The molecule has 0 saturated carbocycles. The van der Waals surface area contributed by atoms with Crippen molar-refractivity contribution in [3.05, 3.63) is 27.7 Å². The minimum absolute atomic E-state index is 0.0315. The number of nitriles is 1. The second-order valence-corrected chi connectivity index (χ2v) is 6.45. The third-order valence-corrected chi connectivity index (χ3v) is 4.66. The van der Waals surface area contributed by atoms with Gasteiger partial charge in [0.25, 0.3) is 0 Å². The smallest absolute Gasteiger partial charge is 0.337 e. The fraction of sp³-hybridized carbons (Fsp3) is 0.273. The lowest BCUT2D eigenvalue weighted by atomic mass is 10.2. The van der Waals surface area contributed by atoms with Crippen molar-refractivity contribution < 1.29 is 18.3 Å². The number of benzene rings is 1. The Morgan fingerprint density at radius 3 is 2.55 bits per heavy atom. The van der Waals surface area contributed by atoms with E-state index in [9.17, 15) is 13.2 Å². The summed E-state index contributed by atoms with van der Waals surface area (Å²) >= 11 is 11.5. The van der Waals surface area contributed by atoms with Gasteiger partial charge in [0.1, 0.15) is 4.90 Å². The molecule has 108 valence electrons. The van der Waals surface area contributed by atoms with Gasteiger partial charge in [-0.3, -0.25) is 0 Å². The topological polar surface area (TPSA) is 107 Å². The molecule has 0 saturated heterocycles. The van der Waals surface area contributed by atoms with Gasteiger partial charge in [-0.15, -0.1) is 0 Å². The van der Waals surface area contributed by atoms with Crippen LogP contribution < -0.4 is 4.72 Å². The van der Waals surface area contributed by atoms with Crippen LogP contribution in [0.5, 0.6) is 0 Å².